The van der Waals surface area contributed by atoms with Crippen LogP contribution in [0.4, 0.5) is 0 Å². The normalized spacial score (nSPS) is 9.62. The van der Waals surface area contributed by atoms with Gasteiger partial charge in [-0.25, -0.2) is 0 Å². The van der Waals surface area contributed by atoms with Gasteiger partial charge in [0.2, 0.25) is 6.39 Å². The van der Waals surface area contributed by atoms with E-state index in [4.69, 9.17) is 0 Å². The van der Waals surface area contributed by atoms with Crippen LogP contribution in [0.3, 0.4) is 0 Å². The topological polar surface area (TPSA) is 38.9 Å². The zero-order chi connectivity index (χ0) is 5.82. The van der Waals surface area contributed by atoms with Gasteiger partial charge < -0.3 is 4.52 Å². The monoisotopic (exact) mass is 130 g/mol. The predicted octanol–water partition coefficient (Wildman–Crippen LogP) is 0.933. The van der Waals surface area contributed by atoms with Crippen molar-refractivity contribution in [1.82, 2.24) is 10.1 Å². The molecule has 0 radical (unpaired) electrons. The fourth-order valence-electron chi connectivity index (χ4n) is 0.385. The van der Waals surface area contributed by atoms with E-state index in [1.807, 2.05) is 6.26 Å². The third kappa shape index (κ3) is 1.23. The minimum atomic E-state index is 0.762. The lowest BCUT2D eigenvalue weighted by Crippen LogP contribution is -1.79. The zero-order valence-electron chi connectivity index (χ0n) is 4.50. The van der Waals surface area contributed by atoms with E-state index in [-0.39, 0.29) is 0 Å². The molecule has 0 unspecified atom stereocenters. The van der Waals surface area contributed by atoms with Crippen LogP contribution in [0, 0.1) is 0 Å². The molecule has 0 N–H and O–H groups in total. The number of nitrogens with zero attached hydrogens (tertiary/aromatic N) is 2. The Bertz CT molecular complexity index is 140. The summed E-state index contributed by atoms with van der Waals surface area (Å²) in [4.78, 5) is 3.81. The molecule has 0 aliphatic heterocycles. The molecule has 0 amide bonds. The Morgan fingerprint density at radius 1 is 1.88 bits per heavy atom. The number of thioether (sulfide) groups is 1. The minimum absolute atomic E-state index is 0.762. The molecule has 0 aromatic carbocycles. The van der Waals surface area contributed by atoms with E-state index in [1.54, 1.807) is 11.8 Å². The van der Waals surface area contributed by atoms with Crippen molar-refractivity contribution < 1.29 is 4.52 Å². The van der Waals surface area contributed by atoms with Crippen LogP contribution in [0.25, 0.3) is 0 Å². The van der Waals surface area contributed by atoms with E-state index in [2.05, 4.69) is 14.7 Å². The molecular formula is C4H6N2OS. The maximum Gasteiger partial charge on any atom is 0.213 e. The van der Waals surface area contributed by atoms with Crippen molar-refractivity contribution in [3.63, 3.8) is 0 Å². The van der Waals surface area contributed by atoms with Gasteiger partial charge in [-0.15, -0.1) is 0 Å². The molecule has 0 aliphatic rings. The average Bonchev–Trinajstić information content (AvgIpc) is 2.19. The second-order valence-electron chi connectivity index (χ2n) is 1.28. The molecule has 44 valence electrons. The lowest BCUT2D eigenvalue weighted by atomic mass is 10.7. The summed E-state index contributed by atoms with van der Waals surface area (Å²) in [6.45, 7) is 0. The summed E-state index contributed by atoms with van der Waals surface area (Å²) in [6.07, 6.45) is 3.34. The summed E-state index contributed by atoms with van der Waals surface area (Å²) < 4.78 is 4.49. The highest BCUT2D eigenvalue weighted by molar-refractivity contribution is 7.97. The van der Waals surface area contributed by atoms with Crippen molar-refractivity contribution in [2.24, 2.45) is 0 Å². The summed E-state index contributed by atoms with van der Waals surface area (Å²) in [5, 5.41) is 3.60. The predicted molar refractivity (Wildman–Crippen MR) is 31.5 cm³/mol. The molecular weight excluding hydrogens is 124 g/mol. The smallest absolute Gasteiger partial charge is 0.213 e. The number of rotatable bonds is 2. The molecule has 0 spiro atoms. The average molecular weight is 130 g/mol. The zero-order valence-corrected chi connectivity index (χ0v) is 5.31. The van der Waals surface area contributed by atoms with Gasteiger partial charge in [0.25, 0.3) is 0 Å². The van der Waals surface area contributed by atoms with Gasteiger partial charge in [0.05, 0.1) is 5.75 Å². The van der Waals surface area contributed by atoms with E-state index in [9.17, 15) is 0 Å². The third-order valence-electron chi connectivity index (χ3n) is 0.680. The van der Waals surface area contributed by atoms with Crippen LogP contribution >= 0.6 is 11.8 Å². The van der Waals surface area contributed by atoms with E-state index in [1.165, 1.54) is 6.39 Å². The highest BCUT2D eigenvalue weighted by Crippen LogP contribution is 2.00. The Balaban J connectivity index is 2.50. The van der Waals surface area contributed by atoms with E-state index >= 15 is 0 Å². The molecule has 0 saturated heterocycles. The van der Waals surface area contributed by atoms with Crippen molar-refractivity contribution in [3.8, 4) is 0 Å². The van der Waals surface area contributed by atoms with Gasteiger partial charge in [-0.3, -0.25) is 0 Å². The van der Waals surface area contributed by atoms with Crippen LogP contribution in [0.5, 0.6) is 0 Å². The summed E-state index contributed by atoms with van der Waals surface area (Å²) >= 11 is 1.67. The first kappa shape index (κ1) is 5.62. The maximum atomic E-state index is 4.49. The Morgan fingerprint density at radius 2 is 2.75 bits per heavy atom. The van der Waals surface area contributed by atoms with Gasteiger partial charge in [0.15, 0.2) is 5.82 Å². The van der Waals surface area contributed by atoms with Crippen molar-refractivity contribution in [1.29, 1.82) is 0 Å². The summed E-state index contributed by atoms with van der Waals surface area (Å²) in [5.74, 6) is 1.59. The molecule has 0 atom stereocenters. The van der Waals surface area contributed by atoms with Gasteiger partial charge in [-0.1, -0.05) is 5.16 Å². The minimum Gasteiger partial charge on any atom is -0.343 e. The molecule has 0 aliphatic carbocycles. The highest BCUT2D eigenvalue weighted by Gasteiger charge is 1.92. The number of hydrogen-bond donors (Lipinski definition) is 0. The molecule has 8 heavy (non-hydrogen) atoms. The van der Waals surface area contributed by atoms with Crippen LogP contribution in [-0.4, -0.2) is 16.4 Å². The first-order valence-electron chi connectivity index (χ1n) is 2.17. The Morgan fingerprint density at radius 3 is 3.25 bits per heavy atom. The largest absolute Gasteiger partial charge is 0.343 e. The summed E-state index contributed by atoms with van der Waals surface area (Å²) in [7, 11) is 0. The quantitative estimate of drug-likeness (QED) is 0.597. The Labute approximate surface area is 51.5 Å². The summed E-state index contributed by atoms with van der Waals surface area (Å²) in [6, 6.07) is 0. The fourth-order valence-corrected chi connectivity index (χ4v) is 0.771. The number of aromatic nitrogens is 2. The summed E-state index contributed by atoms with van der Waals surface area (Å²) in [5.41, 5.74) is 0. The van der Waals surface area contributed by atoms with Gasteiger partial charge in [0.1, 0.15) is 0 Å². The van der Waals surface area contributed by atoms with Crippen molar-refractivity contribution in [3.05, 3.63) is 12.2 Å². The van der Waals surface area contributed by atoms with Crippen LogP contribution < -0.4 is 0 Å². The first-order chi connectivity index (χ1) is 3.93. The molecule has 0 saturated carbocycles. The second kappa shape index (κ2) is 2.71. The number of hydrogen-bond acceptors (Lipinski definition) is 4. The maximum absolute atomic E-state index is 4.49. The highest BCUT2D eigenvalue weighted by atomic mass is 32.2. The second-order valence-corrected chi connectivity index (χ2v) is 2.15. The third-order valence-corrected chi connectivity index (χ3v) is 1.23. The molecule has 1 aromatic rings. The van der Waals surface area contributed by atoms with E-state index in [0.29, 0.717) is 0 Å². The van der Waals surface area contributed by atoms with Crippen LogP contribution in [0.15, 0.2) is 10.9 Å². The van der Waals surface area contributed by atoms with Gasteiger partial charge in [0, 0.05) is 0 Å². The van der Waals surface area contributed by atoms with Crippen molar-refractivity contribution in [2.75, 3.05) is 6.26 Å². The van der Waals surface area contributed by atoms with E-state index in [0.717, 1.165) is 11.6 Å². The van der Waals surface area contributed by atoms with Crippen LogP contribution in [0.1, 0.15) is 5.82 Å². The fraction of sp³-hybridized carbons (Fsp3) is 0.500. The molecule has 3 nitrogen and oxygen atoms in total. The molecule has 1 rings (SSSR count). The molecule has 1 aromatic heterocycles. The molecule has 1 heterocycles. The van der Waals surface area contributed by atoms with Crippen LogP contribution in [-0.2, 0) is 5.75 Å². The first-order valence-corrected chi connectivity index (χ1v) is 3.57. The van der Waals surface area contributed by atoms with Gasteiger partial charge >= 0.3 is 0 Å². The SMILES string of the molecule is CSCc1ncon1. The lowest BCUT2D eigenvalue weighted by Gasteiger charge is -1.81. The molecule has 0 bridgehead atoms. The van der Waals surface area contributed by atoms with Crippen molar-refractivity contribution >= 4 is 11.8 Å². The molecule has 0 fully saturated rings. The van der Waals surface area contributed by atoms with Gasteiger partial charge in [-0.2, -0.15) is 16.7 Å². The standard InChI is InChI=1S/C4H6N2OS/c1-8-2-4-5-3-7-6-4/h3H,2H2,1H3. The van der Waals surface area contributed by atoms with Crippen LogP contribution in [0.2, 0.25) is 0 Å². The lowest BCUT2D eigenvalue weighted by molar-refractivity contribution is 0.412. The Kier molecular flexibility index (Phi) is 1.91. The van der Waals surface area contributed by atoms with E-state index < -0.39 is 0 Å². The van der Waals surface area contributed by atoms with Gasteiger partial charge in [-0.05, 0) is 6.26 Å². The molecule has 4 heteroatoms. The van der Waals surface area contributed by atoms with Crippen molar-refractivity contribution in [2.45, 2.75) is 5.75 Å². The Hall–Kier alpha value is -0.510.